The van der Waals surface area contributed by atoms with E-state index in [1.807, 2.05) is 0 Å². The van der Waals surface area contributed by atoms with Crippen molar-refractivity contribution in [3.63, 3.8) is 0 Å². The summed E-state index contributed by atoms with van der Waals surface area (Å²) < 4.78 is 31.6. The summed E-state index contributed by atoms with van der Waals surface area (Å²) in [4.78, 5) is 40.8. The Balaban J connectivity index is 1.29. The monoisotopic (exact) mass is 533 g/mol. The summed E-state index contributed by atoms with van der Waals surface area (Å²) in [6.07, 6.45) is 3.83. The number of carbonyl (C=O) groups excluding carboxylic acids is 3. The molecule has 3 atom stereocenters. The van der Waals surface area contributed by atoms with Gasteiger partial charge in [0.05, 0.1) is 28.5 Å². The van der Waals surface area contributed by atoms with E-state index in [4.69, 9.17) is 0 Å². The van der Waals surface area contributed by atoms with Crippen molar-refractivity contribution in [1.82, 2.24) is 19.5 Å². The molecule has 3 aliphatic rings. The van der Waals surface area contributed by atoms with Gasteiger partial charge in [0, 0.05) is 44.0 Å². The van der Waals surface area contributed by atoms with E-state index in [0.717, 1.165) is 12.8 Å². The zero-order valence-electron chi connectivity index (χ0n) is 20.0. The normalized spacial score (nSPS) is 23.3. The van der Waals surface area contributed by atoms with Crippen LogP contribution < -0.4 is 15.4 Å². The summed E-state index contributed by atoms with van der Waals surface area (Å²) in [6, 6.07) is 4.12. The molecule has 2 aromatic rings. The average molecular weight is 534 g/mol. The van der Waals surface area contributed by atoms with Crippen molar-refractivity contribution in [2.75, 3.05) is 30.7 Å². The SMILES string of the molecule is Cc1cc(NC(=O)c2c3c(cn2C)[S+]([O-])NC2CN(C(=O)C(=O)NCC4CC4)CC2CS3)ccc1F. The molecule has 2 fully saturated rings. The second-order valence-corrected chi connectivity index (χ2v) is 11.9. The lowest BCUT2D eigenvalue weighted by atomic mass is 10.1. The number of aryl methyl sites for hydroxylation is 2. The number of anilines is 1. The van der Waals surface area contributed by atoms with Crippen LogP contribution in [0.4, 0.5) is 10.1 Å². The first-order valence-electron chi connectivity index (χ1n) is 11.9. The van der Waals surface area contributed by atoms with Gasteiger partial charge in [-0.2, -0.15) is 0 Å². The van der Waals surface area contributed by atoms with Crippen LogP contribution in [0, 0.1) is 24.6 Å². The molecule has 0 bridgehead atoms. The third kappa shape index (κ3) is 5.13. The lowest BCUT2D eigenvalue weighted by molar-refractivity contribution is -0.145. The Labute approximate surface area is 215 Å². The molecule has 1 aromatic heterocycles. The molecule has 1 saturated heterocycles. The highest BCUT2D eigenvalue weighted by Crippen LogP contribution is 2.38. The molecule has 5 rings (SSSR count). The van der Waals surface area contributed by atoms with Gasteiger partial charge in [0.15, 0.2) is 0 Å². The molecule has 3 heterocycles. The van der Waals surface area contributed by atoms with Gasteiger partial charge in [0.1, 0.15) is 11.5 Å². The number of likely N-dealkylation sites (tertiary alicyclic amines) is 1. The van der Waals surface area contributed by atoms with E-state index in [1.165, 1.54) is 28.8 Å². The molecule has 192 valence electrons. The Kier molecular flexibility index (Phi) is 7.03. The van der Waals surface area contributed by atoms with Crippen LogP contribution >= 0.6 is 11.8 Å². The Hall–Kier alpha value is -2.54. The molecule has 3 N–H and O–H groups in total. The van der Waals surface area contributed by atoms with E-state index >= 15 is 0 Å². The molecule has 0 radical (unpaired) electrons. The van der Waals surface area contributed by atoms with E-state index in [9.17, 15) is 23.3 Å². The first-order valence-corrected chi connectivity index (χ1v) is 14.0. The number of nitrogens with zero attached hydrogens (tertiary/aromatic N) is 2. The summed E-state index contributed by atoms with van der Waals surface area (Å²) in [5, 5.41) is 5.52. The van der Waals surface area contributed by atoms with Gasteiger partial charge in [0.25, 0.3) is 5.91 Å². The molecule has 3 amide bonds. The Morgan fingerprint density at radius 1 is 1.28 bits per heavy atom. The predicted octanol–water partition coefficient (Wildman–Crippen LogP) is 1.80. The van der Waals surface area contributed by atoms with Crippen LogP contribution in [0.15, 0.2) is 34.2 Å². The summed E-state index contributed by atoms with van der Waals surface area (Å²) in [7, 11) is 1.72. The number of aromatic nitrogens is 1. The van der Waals surface area contributed by atoms with Crippen molar-refractivity contribution in [2.24, 2.45) is 18.9 Å². The van der Waals surface area contributed by atoms with Crippen LogP contribution in [0.3, 0.4) is 0 Å². The van der Waals surface area contributed by atoms with Crippen molar-refractivity contribution in [3.05, 3.63) is 41.5 Å². The fraction of sp³-hybridized carbons (Fsp3) is 0.458. The van der Waals surface area contributed by atoms with Crippen LogP contribution in [0.5, 0.6) is 0 Å². The third-order valence-corrected chi connectivity index (χ3v) is 9.46. The molecule has 0 spiro atoms. The summed E-state index contributed by atoms with van der Waals surface area (Å²) in [5.74, 6) is -0.877. The van der Waals surface area contributed by atoms with Gasteiger partial charge in [-0.3, -0.25) is 14.4 Å². The number of halogens is 1. The largest absolute Gasteiger partial charge is 0.593 e. The van der Waals surface area contributed by atoms with Gasteiger partial charge in [-0.1, -0.05) is 0 Å². The molecular formula is C24H28FN5O4S2. The smallest absolute Gasteiger partial charge is 0.311 e. The zero-order chi connectivity index (χ0) is 25.6. The van der Waals surface area contributed by atoms with Crippen LogP contribution in [0.1, 0.15) is 28.9 Å². The second kappa shape index (κ2) is 10.1. The van der Waals surface area contributed by atoms with Crippen LogP contribution in [-0.2, 0) is 28.0 Å². The highest BCUT2D eigenvalue weighted by atomic mass is 32.2. The fourth-order valence-corrected chi connectivity index (χ4v) is 7.41. The van der Waals surface area contributed by atoms with Crippen molar-refractivity contribution >= 4 is 46.5 Å². The Morgan fingerprint density at radius 3 is 2.78 bits per heavy atom. The van der Waals surface area contributed by atoms with Crippen LogP contribution in [0.2, 0.25) is 0 Å². The Morgan fingerprint density at radius 2 is 2.06 bits per heavy atom. The topological polar surface area (TPSA) is 119 Å². The maximum atomic E-state index is 13.6. The van der Waals surface area contributed by atoms with Gasteiger partial charge < -0.3 is 24.7 Å². The highest BCUT2D eigenvalue weighted by molar-refractivity contribution is 8.00. The number of carbonyl (C=O) groups is 3. The summed E-state index contributed by atoms with van der Waals surface area (Å²) >= 11 is -0.187. The number of rotatable bonds is 4. The van der Waals surface area contributed by atoms with Crippen molar-refractivity contribution < 1.29 is 23.3 Å². The van der Waals surface area contributed by atoms with Crippen LogP contribution in [-0.4, -0.2) is 63.2 Å². The minimum atomic E-state index is -1.61. The van der Waals surface area contributed by atoms with Gasteiger partial charge in [-0.25, -0.2) is 4.39 Å². The standard InChI is InChI=1S/C24H28FN5O4S2/c1-13-7-16(5-6-17(13)25)27-22(31)20-21-19(11-29(20)2)36(34)28-18-10-30(9-15(18)12-35-21)24(33)23(32)26-8-14-3-4-14/h5-7,11,14-15,18,28H,3-4,8-10,12H2,1-2H3,(H,26,32)(H,27,31). The molecule has 1 saturated carbocycles. The van der Waals surface area contributed by atoms with E-state index < -0.39 is 23.2 Å². The number of nitrogens with one attached hydrogen (secondary N) is 3. The maximum Gasteiger partial charge on any atom is 0.311 e. The first-order chi connectivity index (χ1) is 17.2. The van der Waals surface area contributed by atoms with Gasteiger partial charge in [0.2, 0.25) is 4.90 Å². The number of thioether (sulfide) groups is 1. The van der Waals surface area contributed by atoms with E-state index in [1.54, 1.807) is 30.8 Å². The molecule has 1 aromatic carbocycles. The molecule has 3 unspecified atom stereocenters. The highest BCUT2D eigenvalue weighted by Gasteiger charge is 2.43. The van der Waals surface area contributed by atoms with Crippen LogP contribution in [0.25, 0.3) is 0 Å². The lowest BCUT2D eigenvalue weighted by Gasteiger charge is -2.23. The van der Waals surface area contributed by atoms with Crippen molar-refractivity contribution in [1.29, 1.82) is 0 Å². The number of amides is 3. The van der Waals surface area contributed by atoms with Crippen molar-refractivity contribution in [3.8, 4) is 0 Å². The van der Waals surface area contributed by atoms with E-state index in [-0.39, 0.29) is 23.7 Å². The third-order valence-electron chi connectivity index (χ3n) is 6.80. The molecule has 1 aliphatic carbocycles. The predicted molar refractivity (Wildman–Crippen MR) is 134 cm³/mol. The van der Waals surface area contributed by atoms with E-state index in [2.05, 4.69) is 15.4 Å². The Bertz CT molecular complexity index is 1220. The molecule has 2 aliphatic heterocycles. The molecular weight excluding hydrogens is 505 g/mol. The number of fused-ring (bicyclic) bond motifs is 2. The number of benzene rings is 1. The van der Waals surface area contributed by atoms with Gasteiger partial charge in [-0.05, 0) is 49.4 Å². The number of hydrogen-bond donors (Lipinski definition) is 3. The maximum absolute atomic E-state index is 13.6. The summed E-state index contributed by atoms with van der Waals surface area (Å²) in [6.45, 7) is 2.82. The molecule has 9 nitrogen and oxygen atoms in total. The average Bonchev–Trinajstić information content (AvgIpc) is 3.50. The minimum Gasteiger partial charge on any atom is -0.593 e. The fourth-order valence-electron chi connectivity index (χ4n) is 4.53. The second-order valence-electron chi connectivity index (χ2n) is 9.63. The van der Waals surface area contributed by atoms with Gasteiger partial charge in [-0.15, -0.1) is 16.5 Å². The number of hydrogen-bond acceptors (Lipinski definition) is 6. The molecule has 36 heavy (non-hydrogen) atoms. The lowest BCUT2D eigenvalue weighted by Crippen LogP contribution is -2.45. The summed E-state index contributed by atoms with van der Waals surface area (Å²) in [5.41, 5.74) is 1.24. The molecule has 12 heteroatoms. The minimum absolute atomic E-state index is 0.0388. The van der Waals surface area contributed by atoms with Gasteiger partial charge >= 0.3 is 11.8 Å². The first kappa shape index (κ1) is 25.1. The van der Waals surface area contributed by atoms with Crippen molar-refractivity contribution in [2.45, 2.75) is 35.6 Å². The zero-order valence-corrected chi connectivity index (χ0v) is 21.6. The van der Waals surface area contributed by atoms with E-state index in [0.29, 0.717) is 58.0 Å². The quantitative estimate of drug-likeness (QED) is 0.408.